The Balaban J connectivity index is 2.11. The second-order valence-electron chi connectivity index (χ2n) is 5.10. The molecule has 0 aliphatic heterocycles. The van der Waals surface area contributed by atoms with E-state index in [1.165, 1.54) is 0 Å². The van der Waals surface area contributed by atoms with Gasteiger partial charge in [0.15, 0.2) is 0 Å². The van der Waals surface area contributed by atoms with Crippen LogP contribution >= 0.6 is 11.6 Å². The van der Waals surface area contributed by atoms with Gasteiger partial charge in [-0.1, -0.05) is 18.0 Å². The number of nitrogens with two attached hydrogens (primary N) is 1. The molecule has 2 rings (SSSR count). The number of primary amides is 1. The first-order chi connectivity index (χ1) is 9.47. The van der Waals surface area contributed by atoms with E-state index in [0.717, 1.165) is 12.8 Å². The molecule has 1 aliphatic rings. The molecule has 1 aromatic carbocycles. The van der Waals surface area contributed by atoms with E-state index in [-0.39, 0.29) is 12.0 Å². The summed E-state index contributed by atoms with van der Waals surface area (Å²) in [5.41, 5.74) is 6.24. The van der Waals surface area contributed by atoms with Gasteiger partial charge in [0.2, 0.25) is 5.91 Å². The van der Waals surface area contributed by atoms with E-state index in [0.29, 0.717) is 29.1 Å². The number of nitrogens with one attached hydrogen (secondary N) is 1. The number of benzene rings is 1. The third kappa shape index (κ3) is 3.42. The molecule has 1 amide bonds. The second-order valence-corrected chi connectivity index (χ2v) is 5.51. The Bertz CT molecular complexity index is 533. The number of carboxylic acids is 1. The molecule has 0 heterocycles. The van der Waals surface area contributed by atoms with Crippen molar-refractivity contribution >= 4 is 29.2 Å². The Kier molecular flexibility index (Phi) is 4.49. The van der Waals surface area contributed by atoms with Gasteiger partial charge in [0.1, 0.15) is 0 Å². The SMILES string of the molecule is NC(=O)c1ccc(Cl)c(NC2CCCC(C(=O)O)C2)c1. The molecular formula is C14H17ClN2O3. The molecule has 0 spiro atoms. The van der Waals surface area contributed by atoms with Gasteiger partial charge in [0, 0.05) is 11.6 Å². The molecule has 1 aromatic rings. The normalized spacial score (nSPS) is 22.2. The van der Waals surface area contributed by atoms with Gasteiger partial charge in [-0.05, 0) is 37.5 Å². The Labute approximate surface area is 122 Å². The Hall–Kier alpha value is -1.75. The van der Waals surface area contributed by atoms with Gasteiger partial charge >= 0.3 is 5.97 Å². The maximum absolute atomic E-state index is 11.2. The smallest absolute Gasteiger partial charge is 0.306 e. The predicted molar refractivity (Wildman–Crippen MR) is 77.0 cm³/mol. The summed E-state index contributed by atoms with van der Waals surface area (Å²) in [7, 11) is 0. The summed E-state index contributed by atoms with van der Waals surface area (Å²) in [4.78, 5) is 22.2. The summed E-state index contributed by atoms with van der Waals surface area (Å²) in [6.07, 6.45) is 3.03. The number of amides is 1. The lowest BCUT2D eigenvalue weighted by Gasteiger charge is -2.28. The van der Waals surface area contributed by atoms with Crippen LogP contribution in [0.25, 0.3) is 0 Å². The van der Waals surface area contributed by atoms with Crippen LogP contribution in [0, 0.1) is 5.92 Å². The Morgan fingerprint density at radius 2 is 2.10 bits per heavy atom. The summed E-state index contributed by atoms with van der Waals surface area (Å²) in [5.74, 6) is -1.59. The molecule has 0 aromatic heterocycles. The molecule has 1 aliphatic carbocycles. The molecule has 4 N–H and O–H groups in total. The van der Waals surface area contributed by atoms with Crippen LogP contribution < -0.4 is 11.1 Å². The lowest BCUT2D eigenvalue weighted by atomic mass is 9.85. The Morgan fingerprint density at radius 1 is 1.35 bits per heavy atom. The summed E-state index contributed by atoms with van der Waals surface area (Å²) in [6.45, 7) is 0. The van der Waals surface area contributed by atoms with E-state index < -0.39 is 11.9 Å². The topological polar surface area (TPSA) is 92.4 Å². The van der Waals surface area contributed by atoms with Crippen LogP contribution in [0.1, 0.15) is 36.0 Å². The number of hydrogen-bond acceptors (Lipinski definition) is 3. The maximum atomic E-state index is 11.2. The van der Waals surface area contributed by atoms with Gasteiger partial charge in [0.25, 0.3) is 0 Å². The van der Waals surface area contributed by atoms with Crippen LogP contribution in [-0.4, -0.2) is 23.0 Å². The highest BCUT2D eigenvalue weighted by atomic mass is 35.5. The van der Waals surface area contributed by atoms with Gasteiger partial charge in [-0.15, -0.1) is 0 Å². The van der Waals surface area contributed by atoms with Crippen LogP contribution in [0.2, 0.25) is 5.02 Å². The number of hydrogen-bond donors (Lipinski definition) is 3. The minimum atomic E-state index is -0.756. The van der Waals surface area contributed by atoms with Crippen LogP contribution in [-0.2, 0) is 4.79 Å². The fourth-order valence-electron chi connectivity index (χ4n) is 2.55. The average Bonchev–Trinajstić information content (AvgIpc) is 2.41. The van der Waals surface area contributed by atoms with Crippen LogP contribution in [0.5, 0.6) is 0 Å². The van der Waals surface area contributed by atoms with E-state index in [1.54, 1.807) is 18.2 Å². The van der Waals surface area contributed by atoms with Crippen LogP contribution in [0.3, 0.4) is 0 Å². The standard InChI is InChI=1S/C14H17ClN2O3/c15-11-5-4-8(13(16)18)7-12(11)17-10-3-1-2-9(6-10)14(19)20/h4-5,7,9-10,17H,1-3,6H2,(H2,16,18)(H,19,20). The lowest BCUT2D eigenvalue weighted by molar-refractivity contribution is -0.142. The fraction of sp³-hybridized carbons (Fsp3) is 0.429. The molecular weight excluding hydrogens is 280 g/mol. The maximum Gasteiger partial charge on any atom is 0.306 e. The van der Waals surface area contributed by atoms with Crippen molar-refractivity contribution in [3.63, 3.8) is 0 Å². The highest BCUT2D eigenvalue weighted by molar-refractivity contribution is 6.33. The minimum absolute atomic E-state index is 0.0467. The van der Waals surface area contributed by atoms with Crippen molar-refractivity contribution in [3.8, 4) is 0 Å². The Morgan fingerprint density at radius 3 is 2.75 bits per heavy atom. The molecule has 108 valence electrons. The fourth-order valence-corrected chi connectivity index (χ4v) is 2.73. The van der Waals surface area contributed by atoms with Crippen LogP contribution in [0.4, 0.5) is 5.69 Å². The first-order valence-corrected chi connectivity index (χ1v) is 6.94. The van der Waals surface area contributed by atoms with Crippen molar-refractivity contribution in [2.45, 2.75) is 31.7 Å². The summed E-state index contributed by atoms with van der Waals surface area (Å²) < 4.78 is 0. The summed E-state index contributed by atoms with van der Waals surface area (Å²) in [6, 6.07) is 4.83. The molecule has 2 atom stereocenters. The van der Waals surface area contributed by atoms with E-state index in [9.17, 15) is 9.59 Å². The molecule has 20 heavy (non-hydrogen) atoms. The molecule has 0 bridgehead atoms. The zero-order chi connectivity index (χ0) is 14.7. The lowest BCUT2D eigenvalue weighted by Crippen LogP contribution is -2.31. The third-order valence-corrected chi connectivity index (χ3v) is 3.96. The van der Waals surface area contributed by atoms with Crippen molar-refractivity contribution in [3.05, 3.63) is 28.8 Å². The largest absolute Gasteiger partial charge is 0.481 e. The number of halogens is 1. The van der Waals surface area contributed by atoms with Gasteiger partial charge in [-0.3, -0.25) is 9.59 Å². The van der Waals surface area contributed by atoms with Crippen molar-refractivity contribution in [1.29, 1.82) is 0 Å². The highest BCUT2D eigenvalue weighted by Gasteiger charge is 2.27. The minimum Gasteiger partial charge on any atom is -0.481 e. The first-order valence-electron chi connectivity index (χ1n) is 6.56. The summed E-state index contributed by atoms with van der Waals surface area (Å²) >= 11 is 6.09. The zero-order valence-corrected chi connectivity index (χ0v) is 11.7. The van der Waals surface area contributed by atoms with Crippen molar-refractivity contribution in [2.24, 2.45) is 11.7 Å². The van der Waals surface area contributed by atoms with E-state index in [1.807, 2.05) is 0 Å². The van der Waals surface area contributed by atoms with Crippen molar-refractivity contribution in [2.75, 3.05) is 5.32 Å². The molecule has 1 fully saturated rings. The number of rotatable bonds is 4. The van der Waals surface area contributed by atoms with E-state index in [4.69, 9.17) is 22.4 Å². The second kappa shape index (κ2) is 6.13. The summed E-state index contributed by atoms with van der Waals surface area (Å²) in [5, 5.41) is 12.8. The van der Waals surface area contributed by atoms with Gasteiger partial charge in [0.05, 0.1) is 16.6 Å². The quantitative estimate of drug-likeness (QED) is 0.796. The van der Waals surface area contributed by atoms with Crippen molar-refractivity contribution in [1.82, 2.24) is 0 Å². The average molecular weight is 297 g/mol. The van der Waals surface area contributed by atoms with Gasteiger partial charge in [-0.25, -0.2) is 0 Å². The molecule has 0 radical (unpaired) electrons. The van der Waals surface area contributed by atoms with Gasteiger partial charge < -0.3 is 16.2 Å². The zero-order valence-electron chi connectivity index (χ0n) is 10.9. The van der Waals surface area contributed by atoms with Crippen molar-refractivity contribution < 1.29 is 14.7 Å². The van der Waals surface area contributed by atoms with Gasteiger partial charge in [-0.2, -0.15) is 0 Å². The number of carbonyl (C=O) groups excluding carboxylic acids is 1. The van der Waals surface area contributed by atoms with E-state index >= 15 is 0 Å². The monoisotopic (exact) mass is 296 g/mol. The third-order valence-electron chi connectivity index (χ3n) is 3.63. The van der Waals surface area contributed by atoms with E-state index in [2.05, 4.69) is 5.32 Å². The molecule has 1 saturated carbocycles. The number of carbonyl (C=O) groups is 2. The number of aliphatic carboxylic acids is 1. The molecule has 5 nitrogen and oxygen atoms in total. The molecule has 2 unspecified atom stereocenters. The molecule has 6 heteroatoms. The first kappa shape index (κ1) is 14.7. The highest BCUT2D eigenvalue weighted by Crippen LogP contribution is 2.30. The number of carboxylic acid groups (broad SMARTS) is 1. The number of anilines is 1. The molecule has 0 saturated heterocycles. The predicted octanol–water partition coefficient (Wildman–Crippen LogP) is 2.49. The van der Waals surface area contributed by atoms with Crippen LogP contribution in [0.15, 0.2) is 18.2 Å².